The van der Waals surface area contributed by atoms with Gasteiger partial charge in [-0.25, -0.2) is 8.42 Å². The molecular weight excluding hydrogens is 294 g/mol. The van der Waals surface area contributed by atoms with Crippen LogP contribution in [-0.4, -0.2) is 31.4 Å². The number of hydrogen-bond acceptors (Lipinski definition) is 5. The van der Waals surface area contributed by atoms with Gasteiger partial charge >= 0.3 is 0 Å². The van der Waals surface area contributed by atoms with E-state index in [2.05, 4.69) is 0 Å². The van der Waals surface area contributed by atoms with Crippen LogP contribution in [0.3, 0.4) is 0 Å². The minimum atomic E-state index is -3.50. The van der Waals surface area contributed by atoms with E-state index >= 15 is 0 Å². The lowest BCUT2D eigenvalue weighted by molar-refractivity contribution is 0.247. The Bertz CT molecular complexity index is 595. The van der Waals surface area contributed by atoms with Crippen molar-refractivity contribution in [2.45, 2.75) is 48.9 Å². The molecule has 20 heavy (non-hydrogen) atoms. The molecule has 0 radical (unpaired) electrons. The second kappa shape index (κ2) is 6.22. The SMILES string of the molecule is CCN(C1CCC(N)CC1)S(=O)(=O)c1ccc(C#N)s1. The van der Waals surface area contributed by atoms with Crippen molar-refractivity contribution in [3.63, 3.8) is 0 Å². The molecule has 1 aliphatic rings. The van der Waals surface area contributed by atoms with Crippen molar-refractivity contribution < 1.29 is 8.42 Å². The molecule has 1 saturated carbocycles. The Morgan fingerprint density at radius 3 is 2.55 bits per heavy atom. The summed E-state index contributed by atoms with van der Waals surface area (Å²) in [5.41, 5.74) is 5.88. The first kappa shape index (κ1) is 15.4. The zero-order chi connectivity index (χ0) is 14.8. The van der Waals surface area contributed by atoms with Crippen LogP contribution >= 0.6 is 11.3 Å². The van der Waals surface area contributed by atoms with E-state index in [1.165, 1.54) is 6.07 Å². The van der Waals surface area contributed by atoms with E-state index in [0.29, 0.717) is 11.4 Å². The second-order valence-corrected chi connectivity index (χ2v) is 8.21. The Kier molecular flexibility index (Phi) is 4.81. The van der Waals surface area contributed by atoms with E-state index in [0.717, 1.165) is 37.0 Å². The van der Waals surface area contributed by atoms with Gasteiger partial charge in [-0.15, -0.1) is 11.3 Å². The fourth-order valence-electron chi connectivity index (χ4n) is 2.65. The molecule has 1 aliphatic carbocycles. The lowest BCUT2D eigenvalue weighted by Crippen LogP contribution is -2.43. The lowest BCUT2D eigenvalue weighted by atomic mass is 9.92. The van der Waals surface area contributed by atoms with Gasteiger partial charge in [-0.05, 0) is 37.8 Å². The van der Waals surface area contributed by atoms with E-state index < -0.39 is 10.0 Å². The Hall–Kier alpha value is -0.940. The summed E-state index contributed by atoms with van der Waals surface area (Å²) in [6, 6.07) is 5.28. The maximum atomic E-state index is 12.7. The first-order chi connectivity index (χ1) is 9.48. The molecule has 1 fully saturated rings. The normalized spacial score (nSPS) is 23.7. The third-order valence-corrected chi connectivity index (χ3v) is 7.20. The zero-order valence-electron chi connectivity index (χ0n) is 11.4. The molecule has 1 aromatic rings. The fourth-order valence-corrected chi connectivity index (χ4v) is 5.58. The molecule has 1 heterocycles. The lowest BCUT2D eigenvalue weighted by Gasteiger charge is -2.34. The highest BCUT2D eigenvalue weighted by Crippen LogP contribution is 2.30. The van der Waals surface area contributed by atoms with Crippen LogP contribution in [0.15, 0.2) is 16.3 Å². The maximum Gasteiger partial charge on any atom is 0.252 e. The smallest absolute Gasteiger partial charge is 0.252 e. The maximum absolute atomic E-state index is 12.7. The molecule has 7 heteroatoms. The predicted octanol–water partition coefficient (Wildman–Crippen LogP) is 1.90. The molecule has 2 N–H and O–H groups in total. The number of nitrogens with two attached hydrogens (primary N) is 1. The molecule has 110 valence electrons. The summed E-state index contributed by atoms with van der Waals surface area (Å²) in [5, 5.41) is 8.83. The minimum Gasteiger partial charge on any atom is -0.328 e. The van der Waals surface area contributed by atoms with Crippen molar-refractivity contribution in [1.82, 2.24) is 4.31 Å². The Morgan fingerprint density at radius 2 is 2.05 bits per heavy atom. The molecule has 0 unspecified atom stereocenters. The summed E-state index contributed by atoms with van der Waals surface area (Å²) in [7, 11) is -3.50. The molecule has 1 aromatic heterocycles. The van der Waals surface area contributed by atoms with Gasteiger partial charge in [-0.3, -0.25) is 0 Å². The van der Waals surface area contributed by atoms with Gasteiger partial charge in [0.05, 0.1) is 0 Å². The fraction of sp³-hybridized carbons (Fsp3) is 0.615. The zero-order valence-corrected chi connectivity index (χ0v) is 13.1. The number of nitrogens with zero attached hydrogens (tertiary/aromatic N) is 2. The van der Waals surface area contributed by atoms with Crippen LogP contribution in [0.4, 0.5) is 0 Å². The van der Waals surface area contributed by atoms with Crippen LogP contribution in [0.2, 0.25) is 0 Å². The molecular formula is C13H19N3O2S2. The number of nitriles is 1. The van der Waals surface area contributed by atoms with Gasteiger partial charge in [0, 0.05) is 18.6 Å². The summed E-state index contributed by atoms with van der Waals surface area (Å²) in [4.78, 5) is 0.422. The van der Waals surface area contributed by atoms with Crippen molar-refractivity contribution in [3.8, 4) is 6.07 Å². The Labute approximate surface area is 124 Å². The highest BCUT2D eigenvalue weighted by atomic mass is 32.2. The summed E-state index contributed by atoms with van der Waals surface area (Å²) < 4.78 is 27.2. The van der Waals surface area contributed by atoms with Crippen LogP contribution in [0, 0.1) is 11.3 Å². The van der Waals surface area contributed by atoms with E-state index in [4.69, 9.17) is 11.0 Å². The summed E-state index contributed by atoms with van der Waals surface area (Å²) >= 11 is 1.03. The van der Waals surface area contributed by atoms with Crippen molar-refractivity contribution in [2.24, 2.45) is 5.73 Å². The van der Waals surface area contributed by atoms with Crippen molar-refractivity contribution >= 4 is 21.4 Å². The number of rotatable bonds is 4. The molecule has 5 nitrogen and oxygen atoms in total. The highest BCUT2D eigenvalue weighted by molar-refractivity contribution is 7.91. The number of sulfonamides is 1. The first-order valence-corrected chi connectivity index (χ1v) is 9.02. The standard InChI is InChI=1S/C13H19N3O2S2/c1-2-16(11-5-3-10(15)4-6-11)20(17,18)13-8-7-12(9-14)19-13/h7-8,10-11H,2-6,15H2,1H3. The molecule has 0 saturated heterocycles. The topological polar surface area (TPSA) is 87.2 Å². The average Bonchev–Trinajstić information content (AvgIpc) is 2.91. The third kappa shape index (κ3) is 3.04. The van der Waals surface area contributed by atoms with E-state index in [1.54, 1.807) is 10.4 Å². The molecule has 2 rings (SSSR count). The number of thiophene rings is 1. The van der Waals surface area contributed by atoms with Gasteiger partial charge < -0.3 is 5.73 Å². The largest absolute Gasteiger partial charge is 0.328 e. The van der Waals surface area contributed by atoms with Crippen LogP contribution < -0.4 is 5.73 Å². The van der Waals surface area contributed by atoms with E-state index in [1.807, 2.05) is 13.0 Å². The Balaban J connectivity index is 2.23. The van der Waals surface area contributed by atoms with Gasteiger partial charge in [0.15, 0.2) is 0 Å². The molecule has 0 bridgehead atoms. The van der Waals surface area contributed by atoms with Gasteiger partial charge in [0.1, 0.15) is 15.2 Å². The Morgan fingerprint density at radius 1 is 1.40 bits per heavy atom. The summed E-state index contributed by atoms with van der Waals surface area (Å²) in [6.45, 7) is 2.30. The van der Waals surface area contributed by atoms with Crippen LogP contribution in [-0.2, 0) is 10.0 Å². The molecule has 0 aromatic carbocycles. The molecule has 0 spiro atoms. The summed E-state index contributed by atoms with van der Waals surface area (Å²) in [6.07, 6.45) is 3.35. The quantitative estimate of drug-likeness (QED) is 0.919. The third-order valence-electron chi connectivity index (χ3n) is 3.71. The molecule has 0 amide bonds. The van der Waals surface area contributed by atoms with Crippen molar-refractivity contribution in [2.75, 3.05) is 6.54 Å². The van der Waals surface area contributed by atoms with Gasteiger partial charge in [0.25, 0.3) is 10.0 Å². The van der Waals surface area contributed by atoms with Crippen LogP contribution in [0.5, 0.6) is 0 Å². The van der Waals surface area contributed by atoms with E-state index in [9.17, 15) is 8.42 Å². The van der Waals surface area contributed by atoms with Gasteiger partial charge in [-0.2, -0.15) is 9.57 Å². The monoisotopic (exact) mass is 313 g/mol. The number of hydrogen-bond donors (Lipinski definition) is 1. The van der Waals surface area contributed by atoms with Crippen molar-refractivity contribution in [1.29, 1.82) is 5.26 Å². The first-order valence-electron chi connectivity index (χ1n) is 6.76. The summed E-state index contributed by atoms with van der Waals surface area (Å²) in [5.74, 6) is 0. The van der Waals surface area contributed by atoms with E-state index in [-0.39, 0.29) is 16.3 Å². The molecule has 0 aliphatic heterocycles. The average molecular weight is 313 g/mol. The van der Waals surface area contributed by atoms with Gasteiger partial charge in [-0.1, -0.05) is 6.92 Å². The predicted molar refractivity (Wildman–Crippen MR) is 78.8 cm³/mol. The van der Waals surface area contributed by atoms with Crippen molar-refractivity contribution in [3.05, 3.63) is 17.0 Å². The highest BCUT2D eigenvalue weighted by Gasteiger charge is 2.33. The van der Waals surface area contributed by atoms with Gasteiger partial charge in [0.2, 0.25) is 0 Å². The molecule has 0 atom stereocenters. The van der Waals surface area contributed by atoms with Crippen LogP contribution in [0.25, 0.3) is 0 Å². The van der Waals surface area contributed by atoms with Crippen LogP contribution in [0.1, 0.15) is 37.5 Å². The minimum absolute atomic E-state index is 0.0254. The second-order valence-electron chi connectivity index (χ2n) is 5.01.